The lowest BCUT2D eigenvalue weighted by Gasteiger charge is -2.30. The predicted molar refractivity (Wildman–Crippen MR) is 116 cm³/mol. The molecule has 1 heterocycles. The summed E-state index contributed by atoms with van der Waals surface area (Å²) in [7, 11) is 5.35. The number of aliphatic hydroxyl groups is 1. The Kier molecular flexibility index (Phi) is 11.1. The quantitative estimate of drug-likeness (QED) is 0.699. The van der Waals surface area contributed by atoms with E-state index in [9.17, 15) is 0 Å². The number of hydrogen-bond donors (Lipinski definition) is 1. The molecule has 2 fully saturated rings. The number of likely N-dealkylation sites (N-methyl/N-ethyl adjacent to an activating group) is 1. The van der Waals surface area contributed by atoms with Gasteiger partial charge in [0.05, 0.1) is 6.61 Å². The van der Waals surface area contributed by atoms with Crippen LogP contribution in [0.5, 0.6) is 0 Å². The van der Waals surface area contributed by atoms with Crippen LogP contribution < -0.4 is 0 Å². The number of hydrogen-bond acceptors (Lipinski definition) is 5. The zero-order chi connectivity index (χ0) is 20.2. The van der Waals surface area contributed by atoms with Crippen LogP contribution in [0, 0.1) is 5.92 Å². The minimum atomic E-state index is 0.874. The molecule has 0 spiro atoms. The van der Waals surface area contributed by atoms with Crippen LogP contribution in [-0.4, -0.2) is 74.0 Å². The Morgan fingerprint density at radius 2 is 1.79 bits per heavy atom. The maximum absolute atomic E-state index is 7.00. The average molecular weight is 392 g/mol. The molecule has 0 amide bonds. The van der Waals surface area contributed by atoms with Crippen molar-refractivity contribution in [2.24, 2.45) is 5.92 Å². The topological polar surface area (TPSA) is 39.2 Å². The largest absolute Gasteiger partial charge is 0.400 e. The molecule has 0 unspecified atom stereocenters. The summed E-state index contributed by atoms with van der Waals surface area (Å²) in [5.74, 6) is 0.895. The van der Waals surface area contributed by atoms with Crippen LogP contribution in [0.25, 0.3) is 0 Å². The SMILES string of the molecule is CN(C)CCN(Cc1cccc(CN2CCCO2)c1)CC1CCCCC1.CO. The summed E-state index contributed by atoms with van der Waals surface area (Å²) in [6, 6.07) is 9.12. The maximum atomic E-state index is 7.00. The van der Waals surface area contributed by atoms with Crippen molar-refractivity contribution in [3.63, 3.8) is 0 Å². The van der Waals surface area contributed by atoms with Gasteiger partial charge in [0.15, 0.2) is 0 Å². The van der Waals surface area contributed by atoms with Gasteiger partial charge in [0.25, 0.3) is 0 Å². The van der Waals surface area contributed by atoms with Crippen molar-refractivity contribution in [2.45, 2.75) is 51.6 Å². The van der Waals surface area contributed by atoms with Crippen molar-refractivity contribution in [1.82, 2.24) is 14.9 Å². The Morgan fingerprint density at radius 1 is 1.04 bits per heavy atom. The molecule has 1 aromatic carbocycles. The second-order valence-corrected chi connectivity index (χ2v) is 8.41. The lowest BCUT2D eigenvalue weighted by atomic mass is 9.89. The fraction of sp³-hybridized carbons (Fsp3) is 0.739. The summed E-state index contributed by atoms with van der Waals surface area (Å²) >= 11 is 0. The summed E-state index contributed by atoms with van der Waals surface area (Å²) < 4.78 is 0. The van der Waals surface area contributed by atoms with Gasteiger partial charge in [0.1, 0.15) is 0 Å². The van der Waals surface area contributed by atoms with Crippen LogP contribution in [-0.2, 0) is 17.9 Å². The van der Waals surface area contributed by atoms with E-state index in [1.807, 2.05) is 0 Å². The molecule has 1 aliphatic heterocycles. The molecule has 1 aromatic rings. The van der Waals surface area contributed by atoms with Crippen molar-refractivity contribution in [2.75, 3.05) is 54.0 Å². The molecule has 0 atom stereocenters. The van der Waals surface area contributed by atoms with Gasteiger partial charge in [-0.2, -0.15) is 5.06 Å². The van der Waals surface area contributed by atoms with Gasteiger partial charge in [-0.15, -0.1) is 0 Å². The monoisotopic (exact) mass is 391 g/mol. The van der Waals surface area contributed by atoms with Crippen molar-refractivity contribution in [3.05, 3.63) is 35.4 Å². The second-order valence-electron chi connectivity index (χ2n) is 8.41. The molecular formula is C23H41N3O2. The number of aliphatic hydroxyl groups excluding tert-OH is 1. The Hall–Kier alpha value is -0.980. The van der Waals surface area contributed by atoms with Gasteiger partial charge in [-0.1, -0.05) is 43.5 Å². The molecule has 3 rings (SSSR count). The van der Waals surface area contributed by atoms with E-state index in [1.165, 1.54) is 49.8 Å². The van der Waals surface area contributed by atoms with E-state index < -0.39 is 0 Å². The van der Waals surface area contributed by atoms with Crippen LogP contribution >= 0.6 is 0 Å². The molecule has 5 nitrogen and oxygen atoms in total. The Morgan fingerprint density at radius 3 is 2.46 bits per heavy atom. The third kappa shape index (κ3) is 8.58. The predicted octanol–water partition coefficient (Wildman–Crippen LogP) is 3.38. The van der Waals surface area contributed by atoms with E-state index in [-0.39, 0.29) is 0 Å². The van der Waals surface area contributed by atoms with Crippen molar-refractivity contribution >= 4 is 0 Å². The minimum absolute atomic E-state index is 0.874. The zero-order valence-electron chi connectivity index (χ0n) is 18.3. The first-order chi connectivity index (χ1) is 13.7. The summed E-state index contributed by atoms with van der Waals surface area (Å²) in [5.41, 5.74) is 2.81. The maximum Gasteiger partial charge on any atom is 0.0698 e. The first kappa shape index (κ1) is 23.3. The van der Waals surface area contributed by atoms with Gasteiger partial charge >= 0.3 is 0 Å². The highest BCUT2D eigenvalue weighted by Gasteiger charge is 2.18. The molecule has 1 N–H and O–H groups in total. The van der Waals surface area contributed by atoms with Gasteiger partial charge < -0.3 is 10.0 Å². The molecule has 1 saturated carbocycles. The average Bonchev–Trinajstić information content (AvgIpc) is 3.22. The van der Waals surface area contributed by atoms with E-state index in [0.29, 0.717) is 0 Å². The molecule has 0 bridgehead atoms. The lowest BCUT2D eigenvalue weighted by molar-refractivity contribution is -0.117. The van der Waals surface area contributed by atoms with Crippen LogP contribution in [0.1, 0.15) is 49.7 Å². The first-order valence-electron chi connectivity index (χ1n) is 11.0. The third-order valence-corrected chi connectivity index (χ3v) is 5.69. The van der Waals surface area contributed by atoms with Crippen LogP contribution in [0.3, 0.4) is 0 Å². The normalized spacial score (nSPS) is 18.5. The molecule has 1 aliphatic carbocycles. The standard InChI is InChI=1S/C22H37N3O.CH4O/c1-23(2)13-14-24(17-20-8-4-3-5-9-20)18-21-10-6-11-22(16-21)19-25-12-7-15-26-25;1-2/h6,10-11,16,20H,3-5,7-9,12-15,17-19H2,1-2H3;2H,1H3. The van der Waals surface area contributed by atoms with E-state index in [2.05, 4.69) is 53.2 Å². The van der Waals surface area contributed by atoms with Gasteiger partial charge in [-0.05, 0) is 50.4 Å². The van der Waals surface area contributed by atoms with Gasteiger partial charge in [-0.25, -0.2) is 0 Å². The Balaban J connectivity index is 0.00000136. The van der Waals surface area contributed by atoms with Crippen LogP contribution in [0.15, 0.2) is 24.3 Å². The highest BCUT2D eigenvalue weighted by molar-refractivity contribution is 5.23. The fourth-order valence-electron chi connectivity index (χ4n) is 4.22. The molecule has 1 saturated heterocycles. The Bertz CT molecular complexity index is 526. The van der Waals surface area contributed by atoms with Gasteiger partial charge in [0.2, 0.25) is 0 Å². The van der Waals surface area contributed by atoms with Gasteiger partial charge in [0, 0.05) is 46.4 Å². The number of rotatable bonds is 9. The second kappa shape index (κ2) is 13.3. The highest BCUT2D eigenvalue weighted by atomic mass is 16.7. The summed E-state index contributed by atoms with van der Waals surface area (Å²) in [5, 5.41) is 9.10. The Labute approximate surface area is 172 Å². The highest BCUT2D eigenvalue weighted by Crippen LogP contribution is 2.25. The summed E-state index contributed by atoms with van der Waals surface area (Å²) in [4.78, 5) is 10.6. The molecule has 5 heteroatoms. The fourth-order valence-corrected chi connectivity index (χ4v) is 4.22. The van der Waals surface area contributed by atoms with Crippen LogP contribution in [0.4, 0.5) is 0 Å². The zero-order valence-corrected chi connectivity index (χ0v) is 18.3. The van der Waals surface area contributed by atoms with Crippen molar-refractivity contribution in [3.8, 4) is 0 Å². The number of benzene rings is 1. The minimum Gasteiger partial charge on any atom is -0.400 e. The molecular weight excluding hydrogens is 350 g/mol. The lowest BCUT2D eigenvalue weighted by Crippen LogP contribution is -2.35. The molecule has 0 aromatic heterocycles. The number of nitrogens with zero attached hydrogens (tertiary/aromatic N) is 3. The van der Waals surface area contributed by atoms with E-state index >= 15 is 0 Å². The van der Waals surface area contributed by atoms with E-state index in [0.717, 1.165) is 58.8 Å². The van der Waals surface area contributed by atoms with Crippen molar-refractivity contribution in [1.29, 1.82) is 0 Å². The smallest absolute Gasteiger partial charge is 0.0698 e. The van der Waals surface area contributed by atoms with E-state index in [1.54, 1.807) is 0 Å². The molecule has 160 valence electrons. The molecule has 0 radical (unpaired) electrons. The van der Waals surface area contributed by atoms with E-state index in [4.69, 9.17) is 9.94 Å². The summed E-state index contributed by atoms with van der Waals surface area (Å²) in [6.07, 6.45) is 8.29. The van der Waals surface area contributed by atoms with Crippen molar-refractivity contribution < 1.29 is 9.94 Å². The summed E-state index contributed by atoms with van der Waals surface area (Å²) in [6.45, 7) is 7.46. The third-order valence-electron chi connectivity index (χ3n) is 5.69. The number of hydroxylamine groups is 2. The molecule has 28 heavy (non-hydrogen) atoms. The molecule has 2 aliphatic rings. The van der Waals surface area contributed by atoms with Gasteiger partial charge in [-0.3, -0.25) is 9.74 Å². The van der Waals surface area contributed by atoms with Crippen LogP contribution in [0.2, 0.25) is 0 Å². The first-order valence-corrected chi connectivity index (χ1v) is 11.0.